The van der Waals surface area contributed by atoms with Gasteiger partial charge >= 0.3 is 0 Å². The molecule has 0 N–H and O–H groups in total. The molecule has 0 saturated heterocycles. The summed E-state index contributed by atoms with van der Waals surface area (Å²) in [6.45, 7) is 3.27. The van der Waals surface area contributed by atoms with E-state index in [2.05, 4.69) is 47.9 Å². The van der Waals surface area contributed by atoms with E-state index in [-0.39, 0.29) is 0 Å². The number of aromatic nitrogens is 1. The van der Waals surface area contributed by atoms with Gasteiger partial charge in [-0.25, -0.2) is 0 Å². The zero-order valence-electron chi connectivity index (χ0n) is 10.4. The van der Waals surface area contributed by atoms with E-state index in [4.69, 9.17) is 0 Å². The molecule has 0 amide bonds. The third-order valence-corrected chi connectivity index (χ3v) is 3.80. The highest BCUT2D eigenvalue weighted by molar-refractivity contribution is 5.31. The second-order valence-corrected chi connectivity index (χ2v) is 5.04. The predicted molar refractivity (Wildman–Crippen MR) is 71.4 cm³/mol. The normalized spacial score (nSPS) is 14.6. The monoisotopic (exact) mass is 225 g/mol. The summed E-state index contributed by atoms with van der Waals surface area (Å²) in [7, 11) is 0. The molecule has 1 aliphatic rings. The van der Waals surface area contributed by atoms with Crippen LogP contribution in [0.4, 0.5) is 0 Å². The Bertz CT molecular complexity index is 508. The Kier molecular flexibility index (Phi) is 2.76. The molecular formula is C16H19N. The summed E-state index contributed by atoms with van der Waals surface area (Å²) >= 11 is 0. The molecule has 0 radical (unpaired) electrons. The van der Waals surface area contributed by atoms with Gasteiger partial charge in [0.05, 0.1) is 0 Å². The van der Waals surface area contributed by atoms with E-state index in [0.29, 0.717) is 0 Å². The van der Waals surface area contributed by atoms with Crippen LogP contribution >= 0.6 is 0 Å². The van der Waals surface area contributed by atoms with Crippen molar-refractivity contribution in [1.82, 2.24) is 4.57 Å². The van der Waals surface area contributed by atoms with Crippen molar-refractivity contribution in [3.05, 3.63) is 58.9 Å². The first-order valence-corrected chi connectivity index (χ1v) is 6.56. The van der Waals surface area contributed by atoms with E-state index >= 15 is 0 Å². The largest absolute Gasteiger partial charge is 0.344 e. The van der Waals surface area contributed by atoms with Crippen LogP contribution in [0.2, 0.25) is 0 Å². The molecule has 2 aromatic rings. The van der Waals surface area contributed by atoms with Crippen molar-refractivity contribution < 1.29 is 0 Å². The van der Waals surface area contributed by atoms with E-state index in [0.717, 1.165) is 6.54 Å². The van der Waals surface area contributed by atoms with Crippen LogP contribution in [0, 0.1) is 6.92 Å². The minimum absolute atomic E-state index is 1.03. The molecule has 17 heavy (non-hydrogen) atoms. The lowest BCUT2D eigenvalue weighted by Gasteiger charge is -2.16. The Morgan fingerprint density at radius 2 is 1.82 bits per heavy atom. The highest BCUT2D eigenvalue weighted by Gasteiger charge is 2.16. The Morgan fingerprint density at radius 3 is 2.65 bits per heavy atom. The molecule has 1 nitrogen and oxygen atoms in total. The van der Waals surface area contributed by atoms with Crippen molar-refractivity contribution >= 4 is 0 Å². The number of hydrogen-bond donors (Lipinski definition) is 0. The Labute approximate surface area is 103 Å². The maximum absolute atomic E-state index is 2.50. The topological polar surface area (TPSA) is 4.93 Å². The summed E-state index contributed by atoms with van der Waals surface area (Å²) < 4.78 is 2.50. The smallest absolute Gasteiger partial charge is 0.0475 e. The molecule has 1 aromatic carbocycles. The van der Waals surface area contributed by atoms with Crippen molar-refractivity contribution in [2.75, 3.05) is 0 Å². The van der Waals surface area contributed by atoms with E-state index in [1.165, 1.54) is 36.9 Å². The number of rotatable bonds is 2. The van der Waals surface area contributed by atoms with Crippen LogP contribution in [0.3, 0.4) is 0 Å². The van der Waals surface area contributed by atoms with Gasteiger partial charge in [0.15, 0.2) is 0 Å². The molecule has 3 rings (SSSR count). The summed E-state index contributed by atoms with van der Waals surface area (Å²) in [5.74, 6) is 0. The molecule has 1 heteroatoms. The lowest BCUT2D eigenvalue weighted by Crippen LogP contribution is -2.10. The Hall–Kier alpha value is -1.50. The molecule has 0 unspecified atom stereocenters. The van der Waals surface area contributed by atoms with Crippen molar-refractivity contribution in [3.8, 4) is 0 Å². The SMILES string of the molecule is Cc1cc2c(n1Cc1ccccc1)CCCC2. The van der Waals surface area contributed by atoms with Crippen molar-refractivity contribution in [3.63, 3.8) is 0 Å². The Balaban J connectivity index is 1.95. The second-order valence-electron chi connectivity index (χ2n) is 5.04. The molecule has 0 aliphatic heterocycles. The quantitative estimate of drug-likeness (QED) is 0.734. The van der Waals surface area contributed by atoms with E-state index < -0.39 is 0 Å². The molecule has 0 bridgehead atoms. The van der Waals surface area contributed by atoms with Gasteiger partial charge in [-0.2, -0.15) is 0 Å². The van der Waals surface area contributed by atoms with Crippen LogP contribution in [0.25, 0.3) is 0 Å². The minimum atomic E-state index is 1.03. The fraction of sp³-hybridized carbons (Fsp3) is 0.375. The van der Waals surface area contributed by atoms with Crippen LogP contribution in [0.5, 0.6) is 0 Å². The lowest BCUT2D eigenvalue weighted by molar-refractivity contribution is 0.625. The molecule has 0 spiro atoms. The van der Waals surface area contributed by atoms with Gasteiger partial charge in [-0.1, -0.05) is 30.3 Å². The van der Waals surface area contributed by atoms with Gasteiger partial charge in [0, 0.05) is 17.9 Å². The van der Waals surface area contributed by atoms with Crippen molar-refractivity contribution in [2.45, 2.75) is 39.2 Å². The highest BCUT2D eigenvalue weighted by atomic mass is 15.0. The van der Waals surface area contributed by atoms with Gasteiger partial charge < -0.3 is 4.57 Å². The van der Waals surface area contributed by atoms with Gasteiger partial charge in [0.2, 0.25) is 0 Å². The maximum Gasteiger partial charge on any atom is 0.0475 e. The van der Waals surface area contributed by atoms with E-state index in [1.54, 1.807) is 11.3 Å². The summed E-state index contributed by atoms with van der Waals surface area (Å²) in [6.07, 6.45) is 5.25. The highest BCUT2D eigenvalue weighted by Crippen LogP contribution is 2.25. The van der Waals surface area contributed by atoms with Crippen LogP contribution in [-0.4, -0.2) is 4.57 Å². The molecule has 0 atom stereocenters. The maximum atomic E-state index is 2.50. The van der Waals surface area contributed by atoms with E-state index in [9.17, 15) is 0 Å². The number of fused-ring (bicyclic) bond motifs is 1. The minimum Gasteiger partial charge on any atom is -0.344 e. The average molecular weight is 225 g/mol. The Morgan fingerprint density at radius 1 is 1.06 bits per heavy atom. The average Bonchev–Trinajstić information content (AvgIpc) is 2.68. The first kappa shape index (κ1) is 10.6. The third kappa shape index (κ3) is 2.02. The van der Waals surface area contributed by atoms with E-state index in [1.807, 2.05) is 0 Å². The summed E-state index contributed by atoms with van der Waals surface area (Å²) in [6, 6.07) is 13.2. The second kappa shape index (κ2) is 4.40. The van der Waals surface area contributed by atoms with Crippen LogP contribution in [-0.2, 0) is 19.4 Å². The third-order valence-electron chi connectivity index (χ3n) is 3.80. The van der Waals surface area contributed by atoms with Crippen molar-refractivity contribution in [1.29, 1.82) is 0 Å². The fourth-order valence-electron chi connectivity index (χ4n) is 2.91. The van der Waals surface area contributed by atoms with Gasteiger partial charge in [0.1, 0.15) is 0 Å². The van der Waals surface area contributed by atoms with Gasteiger partial charge in [-0.15, -0.1) is 0 Å². The van der Waals surface area contributed by atoms with Crippen LogP contribution < -0.4 is 0 Å². The van der Waals surface area contributed by atoms with Gasteiger partial charge in [-0.3, -0.25) is 0 Å². The first-order chi connectivity index (χ1) is 8.34. The number of hydrogen-bond acceptors (Lipinski definition) is 0. The lowest BCUT2D eigenvalue weighted by atomic mass is 9.98. The molecular weight excluding hydrogens is 206 g/mol. The number of aryl methyl sites for hydroxylation is 2. The first-order valence-electron chi connectivity index (χ1n) is 6.56. The number of benzene rings is 1. The molecule has 0 saturated carbocycles. The molecule has 0 fully saturated rings. The number of nitrogens with zero attached hydrogens (tertiary/aromatic N) is 1. The zero-order chi connectivity index (χ0) is 11.7. The summed E-state index contributed by atoms with van der Waals surface area (Å²) in [5, 5.41) is 0. The zero-order valence-corrected chi connectivity index (χ0v) is 10.4. The molecule has 1 aliphatic carbocycles. The predicted octanol–water partition coefficient (Wildman–Crippen LogP) is 3.72. The van der Waals surface area contributed by atoms with Gasteiger partial charge in [-0.05, 0) is 49.8 Å². The molecule has 88 valence electrons. The molecule has 1 aromatic heterocycles. The molecule has 1 heterocycles. The fourth-order valence-corrected chi connectivity index (χ4v) is 2.91. The van der Waals surface area contributed by atoms with Crippen LogP contribution in [0.15, 0.2) is 36.4 Å². The van der Waals surface area contributed by atoms with Gasteiger partial charge in [0.25, 0.3) is 0 Å². The van der Waals surface area contributed by atoms with Crippen LogP contribution in [0.1, 0.15) is 35.4 Å². The summed E-state index contributed by atoms with van der Waals surface area (Å²) in [4.78, 5) is 0. The summed E-state index contributed by atoms with van der Waals surface area (Å²) in [5.41, 5.74) is 5.99. The van der Waals surface area contributed by atoms with Crippen molar-refractivity contribution in [2.24, 2.45) is 0 Å². The standard InChI is InChI=1S/C16H19N/c1-13-11-15-9-5-6-10-16(15)17(13)12-14-7-3-2-4-8-14/h2-4,7-8,11H,5-6,9-10,12H2,1H3.